The molecule has 1 unspecified atom stereocenters. The molecule has 1 atom stereocenters. The first-order chi connectivity index (χ1) is 8.81. The van der Waals surface area contributed by atoms with E-state index in [9.17, 15) is 5.11 Å². The zero-order valence-corrected chi connectivity index (χ0v) is 11.1. The molecule has 0 radical (unpaired) electrons. The van der Waals surface area contributed by atoms with Crippen LogP contribution in [0.4, 0.5) is 0 Å². The van der Waals surface area contributed by atoms with Crippen molar-refractivity contribution in [3.63, 3.8) is 0 Å². The Labute approximate surface area is 109 Å². The van der Waals surface area contributed by atoms with Gasteiger partial charge in [-0.15, -0.1) is 0 Å². The molecule has 2 aromatic rings. The van der Waals surface area contributed by atoms with Crippen molar-refractivity contribution in [3.05, 3.63) is 36.1 Å². The number of fused-ring (bicyclic) bond motifs is 1. The highest BCUT2D eigenvalue weighted by Gasteiger charge is 2.12. The summed E-state index contributed by atoms with van der Waals surface area (Å²) in [5, 5.41) is 11.2. The Morgan fingerprint density at radius 1 is 1.11 bits per heavy atom. The van der Waals surface area contributed by atoms with Crippen LogP contribution in [0.1, 0.15) is 57.3 Å². The van der Waals surface area contributed by atoms with Gasteiger partial charge in [0, 0.05) is 5.39 Å². The zero-order chi connectivity index (χ0) is 12.8. The van der Waals surface area contributed by atoms with E-state index < -0.39 is 6.10 Å². The third-order valence-electron chi connectivity index (χ3n) is 3.35. The van der Waals surface area contributed by atoms with Crippen LogP contribution >= 0.6 is 0 Å². The fourth-order valence-corrected chi connectivity index (χ4v) is 2.25. The number of aliphatic hydroxyl groups excluding tert-OH is 1. The van der Waals surface area contributed by atoms with Crippen LogP contribution in [-0.4, -0.2) is 5.11 Å². The first-order valence-electron chi connectivity index (χ1n) is 6.98. The molecule has 0 spiro atoms. The maximum atomic E-state index is 10.1. The van der Waals surface area contributed by atoms with Gasteiger partial charge >= 0.3 is 0 Å². The Kier molecular flexibility index (Phi) is 4.82. The van der Waals surface area contributed by atoms with E-state index in [1.165, 1.54) is 25.7 Å². The van der Waals surface area contributed by atoms with Gasteiger partial charge in [0.25, 0.3) is 0 Å². The molecule has 2 rings (SSSR count). The fraction of sp³-hybridized carbons (Fsp3) is 0.500. The first-order valence-corrected chi connectivity index (χ1v) is 6.98. The molecule has 1 heterocycles. The summed E-state index contributed by atoms with van der Waals surface area (Å²) in [6.45, 7) is 2.21. The van der Waals surface area contributed by atoms with Gasteiger partial charge in [-0.1, -0.05) is 57.2 Å². The summed E-state index contributed by atoms with van der Waals surface area (Å²) in [6.07, 6.45) is 6.42. The van der Waals surface area contributed by atoms with E-state index in [-0.39, 0.29) is 0 Å². The molecule has 1 aromatic heterocycles. The highest BCUT2D eigenvalue weighted by molar-refractivity contribution is 5.77. The molecule has 0 fully saturated rings. The summed E-state index contributed by atoms with van der Waals surface area (Å²) in [7, 11) is 0. The van der Waals surface area contributed by atoms with Crippen molar-refractivity contribution >= 4 is 11.0 Å². The molecule has 0 amide bonds. The predicted octanol–water partition coefficient (Wildman–Crippen LogP) is 4.83. The van der Waals surface area contributed by atoms with Crippen LogP contribution in [0.3, 0.4) is 0 Å². The van der Waals surface area contributed by atoms with Gasteiger partial charge in [0.05, 0.1) is 0 Å². The van der Waals surface area contributed by atoms with Gasteiger partial charge in [-0.25, -0.2) is 0 Å². The minimum Gasteiger partial charge on any atom is -0.458 e. The highest BCUT2D eigenvalue weighted by atomic mass is 16.4. The van der Waals surface area contributed by atoms with Gasteiger partial charge in [0.2, 0.25) is 0 Å². The van der Waals surface area contributed by atoms with Crippen molar-refractivity contribution < 1.29 is 9.52 Å². The maximum Gasteiger partial charge on any atom is 0.134 e. The van der Waals surface area contributed by atoms with E-state index in [1.807, 2.05) is 30.3 Å². The summed E-state index contributed by atoms with van der Waals surface area (Å²) >= 11 is 0. The Morgan fingerprint density at radius 3 is 2.67 bits per heavy atom. The largest absolute Gasteiger partial charge is 0.458 e. The number of hydrogen-bond acceptors (Lipinski definition) is 2. The lowest BCUT2D eigenvalue weighted by Gasteiger charge is -2.06. The molecule has 0 aliphatic carbocycles. The van der Waals surface area contributed by atoms with E-state index in [2.05, 4.69) is 6.92 Å². The number of rotatable bonds is 7. The van der Waals surface area contributed by atoms with Gasteiger partial charge in [0.15, 0.2) is 0 Å². The van der Waals surface area contributed by atoms with Gasteiger partial charge in [-0.2, -0.15) is 0 Å². The van der Waals surface area contributed by atoms with Crippen LogP contribution in [0, 0.1) is 0 Å². The number of benzene rings is 1. The van der Waals surface area contributed by atoms with Crippen LogP contribution in [0.15, 0.2) is 34.7 Å². The van der Waals surface area contributed by atoms with E-state index >= 15 is 0 Å². The Morgan fingerprint density at radius 2 is 1.89 bits per heavy atom. The fourth-order valence-electron chi connectivity index (χ4n) is 2.25. The summed E-state index contributed by atoms with van der Waals surface area (Å²) in [6, 6.07) is 9.83. The number of hydrogen-bond donors (Lipinski definition) is 1. The van der Waals surface area contributed by atoms with E-state index in [0.29, 0.717) is 5.76 Å². The third kappa shape index (κ3) is 3.36. The van der Waals surface area contributed by atoms with Crippen LogP contribution in [0.25, 0.3) is 11.0 Å². The summed E-state index contributed by atoms with van der Waals surface area (Å²) in [4.78, 5) is 0. The van der Waals surface area contributed by atoms with Crippen molar-refractivity contribution in [2.24, 2.45) is 0 Å². The van der Waals surface area contributed by atoms with Crippen molar-refractivity contribution in [2.75, 3.05) is 0 Å². The molecule has 2 heteroatoms. The smallest absolute Gasteiger partial charge is 0.134 e. The monoisotopic (exact) mass is 246 g/mol. The summed E-state index contributed by atoms with van der Waals surface area (Å²) < 4.78 is 5.66. The lowest BCUT2D eigenvalue weighted by Crippen LogP contribution is -1.95. The van der Waals surface area contributed by atoms with Crippen molar-refractivity contribution in [3.8, 4) is 0 Å². The van der Waals surface area contributed by atoms with E-state index in [1.54, 1.807) is 0 Å². The van der Waals surface area contributed by atoms with E-state index in [4.69, 9.17) is 4.42 Å². The number of furan rings is 1. The second-order valence-corrected chi connectivity index (χ2v) is 4.91. The normalized spacial score (nSPS) is 13.0. The van der Waals surface area contributed by atoms with Crippen molar-refractivity contribution in [1.29, 1.82) is 0 Å². The maximum absolute atomic E-state index is 10.1. The molecule has 98 valence electrons. The van der Waals surface area contributed by atoms with Crippen LogP contribution < -0.4 is 0 Å². The number of aliphatic hydroxyl groups is 1. The second-order valence-electron chi connectivity index (χ2n) is 4.91. The van der Waals surface area contributed by atoms with Crippen LogP contribution in [-0.2, 0) is 0 Å². The topological polar surface area (TPSA) is 33.4 Å². The van der Waals surface area contributed by atoms with Gasteiger partial charge in [-0.05, 0) is 18.6 Å². The molecule has 1 N–H and O–H groups in total. The third-order valence-corrected chi connectivity index (χ3v) is 3.35. The molecule has 2 nitrogen and oxygen atoms in total. The molecular weight excluding hydrogens is 224 g/mol. The number of unbranched alkanes of at least 4 members (excludes halogenated alkanes) is 4. The lowest BCUT2D eigenvalue weighted by molar-refractivity contribution is 0.139. The van der Waals surface area contributed by atoms with Crippen molar-refractivity contribution in [2.45, 2.75) is 51.6 Å². The molecule has 1 aromatic carbocycles. The second kappa shape index (κ2) is 6.60. The van der Waals surface area contributed by atoms with Crippen molar-refractivity contribution in [1.82, 2.24) is 0 Å². The molecule has 0 aliphatic rings. The Balaban J connectivity index is 1.86. The van der Waals surface area contributed by atoms with Crippen LogP contribution in [0.5, 0.6) is 0 Å². The predicted molar refractivity (Wildman–Crippen MR) is 74.5 cm³/mol. The molecular formula is C16H22O2. The molecule has 18 heavy (non-hydrogen) atoms. The quantitative estimate of drug-likeness (QED) is 0.710. The Hall–Kier alpha value is -1.28. The van der Waals surface area contributed by atoms with Gasteiger partial charge in [-0.3, -0.25) is 0 Å². The minimum atomic E-state index is -0.459. The minimum absolute atomic E-state index is 0.459. The average Bonchev–Trinajstić information content (AvgIpc) is 2.82. The van der Waals surface area contributed by atoms with Crippen LogP contribution in [0.2, 0.25) is 0 Å². The Bertz CT molecular complexity index is 440. The zero-order valence-electron chi connectivity index (χ0n) is 11.1. The lowest BCUT2D eigenvalue weighted by atomic mass is 10.1. The molecule has 0 aliphatic heterocycles. The summed E-state index contributed by atoms with van der Waals surface area (Å²) in [5.41, 5.74) is 0.859. The van der Waals surface area contributed by atoms with Gasteiger partial charge in [0.1, 0.15) is 17.4 Å². The van der Waals surface area contributed by atoms with Gasteiger partial charge < -0.3 is 9.52 Å². The first kappa shape index (κ1) is 13.2. The standard InChI is InChI=1S/C16H22O2/c1-2-3-4-5-6-10-14(17)16-12-13-9-7-8-11-15(13)18-16/h7-9,11-12,14,17H,2-6,10H2,1H3. The molecule has 0 saturated carbocycles. The summed E-state index contributed by atoms with van der Waals surface area (Å²) in [5.74, 6) is 0.701. The van der Waals surface area contributed by atoms with E-state index in [0.717, 1.165) is 23.8 Å². The molecule has 0 saturated heterocycles. The highest BCUT2D eigenvalue weighted by Crippen LogP contribution is 2.26. The molecule has 0 bridgehead atoms. The number of para-hydroxylation sites is 1. The average molecular weight is 246 g/mol. The SMILES string of the molecule is CCCCCCCC(O)c1cc2ccccc2o1.